The van der Waals surface area contributed by atoms with E-state index in [-0.39, 0.29) is 22.5 Å². The number of hydrogen-bond donors (Lipinski definition) is 2. The minimum Gasteiger partial charge on any atom is -0.383 e. The molecular formula is C31H35ClFN7O2. The number of fused-ring (bicyclic) bond motifs is 1. The molecule has 2 aromatic heterocycles. The fourth-order valence-electron chi connectivity index (χ4n) is 5.64. The van der Waals surface area contributed by atoms with Crippen LogP contribution in [0.15, 0.2) is 42.6 Å². The lowest BCUT2D eigenvalue weighted by Gasteiger charge is -2.22. The highest BCUT2D eigenvalue weighted by Crippen LogP contribution is 2.35. The molecule has 9 nitrogen and oxygen atoms in total. The molecule has 1 aliphatic heterocycles. The fraction of sp³-hybridized carbons (Fsp3) is 0.419. The van der Waals surface area contributed by atoms with Crippen molar-refractivity contribution in [1.29, 1.82) is 0 Å². The maximum atomic E-state index is 15.4. The molecule has 1 amide bonds. The zero-order valence-electron chi connectivity index (χ0n) is 24.2. The van der Waals surface area contributed by atoms with E-state index in [4.69, 9.17) is 11.6 Å². The monoisotopic (exact) mass is 591 g/mol. The van der Waals surface area contributed by atoms with Gasteiger partial charge in [0.15, 0.2) is 5.82 Å². The quantitative estimate of drug-likeness (QED) is 0.270. The number of rotatable bonds is 7. The van der Waals surface area contributed by atoms with E-state index >= 15 is 4.39 Å². The van der Waals surface area contributed by atoms with Crippen LogP contribution >= 0.6 is 11.6 Å². The van der Waals surface area contributed by atoms with E-state index in [1.165, 1.54) is 25.1 Å². The summed E-state index contributed by atoms with van der Waals surface area (Å²) in [6.45, 7) is 9.57. The fourth-order valence-corrected chi connectivity index (χ4v) is 5.84. The first-order valence-corrected chi connectivity index (χ1v) is 14.8. The molecule has 2 aliphatic rings. The molecule has 4 aromatic rings. The van der Waals surface area contributed by atoms with Gasteiger partial charge in [0.1, 0.15) is 16.9 Å². The van der Waals surface area contributed by atoms with Gasteiger partial charge in [-0.05, 0) is 76.9 Å². The van der Waals surface area contributed by atoms with Crippen LogP contribution in [-0.4, -0.2) is 61.1 Å². The van der Waals surface area contributed by atoms with Crippen molar-refractivity contribution in [2.24, 2.45) is 0 Å². The highest BCUT2D eigenvalue weighted by molar-refractivity contribution is 6.33. The largest absolute Gasteiger partial charge is 0.383 e. The van der Waals surface area contributed by atoms with Crippen LogP contribution in [-0.2, 0) is 10.4 Å². The molecular weight excluding hydrogens is 557 g/mol. The van der Waals surface area contributed by atoms with Crippen LogP contribution in [0.2, 0.25) is 5.02 Å². The average molecular weight is 592 g/mol. The molecule has 0 unspecified atom stereocenters. The van der Waals surface area contributed by atoms with E-state index < -0.39 is 11.4 Å². The number of aliphatic hydroxyl groups is 1. The molecule has 0 bridgehead atoms. The Balaban J connectivity index is 1.26. The van der Waals surface area contributed by atoms with Crippen LogP contribution in [0, 0.1) is 5.82 Å². The number of aromatic nitrogens is 4. The number of hydrogen-bond acceptors (Lipinski definition) is 7. The molecule has 0 radical (unpaired) electrons. The standard InChI is InChI=1S/C31H35ClFN7O2/c1-18(2)40-25-16-19(15-24(33)28(25)36-29(40)31(3,4)42)27-23(32)17-34-30(37-27)35-20-5-7-22(8-6-20)39-14-13-38(21-9-10-21)12-11-26(39)41/h5-8,15-18,21,42H,9-14H2,1-4H3,(H,34,35,37). The molecule has 3 heterocycles. The molecule has 11 heteroatoms. The Kier molecular flexibility index (Phi) is 7.41. The zero-order valence-corrected chi connectivity index (χ0v) is 25.0. The van der Waals surface area contributed by atoms with Gasteiger partial charge in [-0.2, -0.15) is 0 Å². The van der Waals surface area contributed by atoms with Crippen molar-refractivity contribution in [3.8, 4) is 11.3 Å². The van der Waals surface area contributed by atoms with Gasteiger partial charge in [0.2, 0.25) is 11.9 Å². The van der Waals surface area contributed by atoms with Gasteiger partial charge in [-0.25, -0.2) is 19.3 Å². The number of imidazole rings is 1. The van der Waals surface area contributed by atoms with E-state index in [1.54, 1.807) is 19.9 Å². The first-order valence-electron chi connectivity index (χ1n) is 14.4. The zero-order chi connectivity index (χ0) is 29.8. The number of benzene rings is 2. The topological polar surface area (TPSA) is 99.4 Å². The van der Waals surface area contributed by atoms with Crippen LogP contribution in [0.4, 0.5) is 21.7 Å². The smallest absolute Gasteiger partial charge is 0.228 e. The summed E-state index contributed by atoms with van der Waals surface area (Å²) in [7, 11) is 0. The van der Waals surface area contributed by atoms with Gasteiger partial charge in [-0.1, -0.05) is 11.6 Å². The summed E-state index contributed by atoms with van der Waals surface area (Å²) < 4.78 is 17.2. The number of amides is 1. The summed E-state index contributed by atoms with van der Waals surface area (Å²) in [6.07, 6.45) is 4.48. The van der Waals surface area contributed by atoms with Gasteiger partial charge in [0, 0.05) is 55.1 Å². The summed E-state index contributed by atoms with van der Waals surface area (Å²) in [5.74, 6) is 0.283. The number of nitrogens with zero attached hydrogens (tertiary/aromatic N) is 6. The predicted octanol–water partition coefficient (Wildman–Crippen LogP) is 6.04. The van der Waals surface area contributed by atoms with Gasteiger partial charge < -0.3 is 19.9 Å². The van der Waals surface area contributed by atoms with Crippen molar-refractivity contribution >= 4 is 45.9 Å². The Labute approximate surface area is 249 Å². The molecule has 1 saturated heterocycles. The molecule has 0 atom stereocenters. The summed E-state index contributed by atoms with van der Waals surface area (Å²) in [5.41, 5.74) is 1.89. The average Bonchev–Trinajstić information content (AvgIpc) is 3.72. The number of halogens is 2. The molecule has 2 fully saturated rings. The van der Waals surface area contributed by atoms with Crippen molar-refractivity contribution in [2.75, 3.05) is 29.9 Å². The second-order valence-electron chi connectivity index (χ2n) is 11.9. The van der Waals surface area contributed by atoms with Gasteiger partial charge in [-0.3, -0.25) is 9.69 Å². The molecule has 2 aromatic carbocycles. The molecule has 220 valence electrons. The van der Waals surface area contributed by atoms with Crippen LogP contribution in [0.1, 0.15) is 58.8 Å². The minimum atomic E-state index is -1.26. The van der Waals surface area contributed by atoms with Crippen molar-refractivity contribution in [1.82, 2.24) is 24.4 Å². The first-order chi connectivity index (χ1) is 20.0. The van der Waals surface area contributed by atoms with Crippen LogP contribution in [0.3, 0.4) is 0 Å². The van der Waals surface area contributed by atoms with Gasteiger partial charge in [0.25, 0.3) is 0 Å². The van der Waals surface area contributed by atoms with E-state index in [2.05, 4.69) is 25.2 Å². The third-order valence-corrected chi connectivity index (χ3v) is 8.13. The van der Waals surface area contributed by atoms with Crippen molar-refractivity contribution in [2.45, 2.75) is 64.6 Å². The lowest BCUT2D eigenvalue weighted by atomic mass is 10.1. The van der Waals surface area contributed by atoms with Crippen molar-refractivity contribution < 1.29 is 14.3 Å². The molecule has 42 heavy (non-hydrogen) atoms. The van der Waals surface area contributed by atoms with Crippen LogP contribution in [0.5, 0.6) is 0 Å². The second-order valence-corrected chi connectivity index (χ2v) is 12.3. The Morgan fingerprint density at radius 3 is 2.50 bits per heavy atom. The lowest BCUT2D eigenvalue weighted by molar-refractivity contribution is -0.118. The highest BCUT2D eigenvalue weighted by Gasteiger charge is 2.32. The molecule has 1 saturated carbocycles. The minimum absolute atomic E-state index is 0.0751. The predicted molar refractivity (Wildman–Crippen MR) is 163 cm³/mol. The normalized spacial score (nSPS) is 16.9. The SMILES string of the molecule is CC(C)n1c(C(C)(C)O)nc2c(F)cc(-c3nc(Nc4ccc(N5CCN(C6CC6)CCC5=O)cc4)ncc3Cl)cc21. The van der Waals surface area contributed by atoms with Crippen molar-refractivity contribution in [3.05, 3.63) is 59.3 Å². The first kappa shape index (κ1) is 28.5. The number of nitrogens with one attached hydrogen (secondary N) is 1. The summed E-state index contributed by atoms with van der Waals surface area (Å²) in [4.78, 5) is 30.5. The second kappa shape index (κ2) is 10.9. The third kappa shape index (κ3) is 5.58. The van der Waals surface area contributed by atoms with E-state index in [9.17, 15) is 9.90 Å². The maximum absolute atomic E-state index is 15.4. The van der Waals surface area contributed by atoms with E-state index in [0.29, 0.717) is 47.6 Å². The third-order valence-electron chi connectivity index (χ3n) is 7.85. The summed E-state index contributed by atoms with van der Waals surface area (Å²) in [6, 6.07) is 11.3. The summed E-state index contributed by atoms with van der Waals surface area (Å²) >= 11 is 6.51. The van der Waals surface area contributed by atoms with Gasteiger partial charge in [0.05, 0.1) is 22.4 Å². The van der Waals surface area contributed by atoms with E-state index in [0.717, 1.165) is 24.5 Å². The highest BCUT2D eigenvalue weighted by atomic mass is 35.5. The molecule has 6 rings (SSSR count). The van der Waals surface area contributed by atoms with Gasteiger partial charge >= 0.3 is 0 Å². The molecule has 2 N–H and O–H groups in total. The lowest BCUT2D eigenvalue weighted by Crippen LogP contribution is -2.33. The number of carbonyl (C=O) groups excluding carboxylic acids is 1. The van der Waals surface area contributed by atoms with Gasteiger partial charge in [-0.15, -0.1) is 0 Å². The Bertz CT molecular complexity index is 1640. The van der Waals surface area contributed by atoms with Crippen molar-refractivity contribution in [3.63, 3.8) is 0 Å². The Morgan fingerprint density at radius 1 is 1.10 bits per heavy atom. The van der Waals surface area contributed by atoms with Crippen LogP contribution < -0.4 is 10.2 Å². The number of anilines is 3. The Morgan fingerprint density at radius 2 is 1.83 bits per heavy atom. The molecule has 1 aliphatic carbocycles. The van der Waals surface area contributed by atoms with E-state index in [1.807, 2.05) is 47.6 Å². The maximum Gasteiger partial charge on any atom is 0.228 e. The molecule has 0 spiro atoms. The number of carbonyl (C=O) groups is 1. The van der Waals surface area contributed by atoms with Crippen LogP contribution in [0.25, 0.3) is 22.3 Å². The Hall–Kier alpha value is -3.60. The summed E-state index contributed by atoms with van der Waals surface area (Å²) in [5, 5.41) is 14.2.